The van der Waals surface area contributed by atoms with E-state index >= 15 is 0 Å². The topological polar surface area (TPSA) is 47.0 Å². The highest BCUT2D eigenvalue weighted by molar-refractivity contribution is 5.15. The fourth-order valence-electron chi connectivity index (χ4n) is 1.80. The second-order valence-corrected chi connectivity index (χ2v) is 4.53. The summed E-state index contributed by atoms with van der Waals surface area (Å²) >= 11 is 0. The molecule has 0 aliphatic carbocycles. The molecular weight excluding hydrogens is 202 g/mol. The van der Waals surface area contributed by atoms with E-state index in [1.165, 1.54) is 0 Å². The van der Waals surface area contributed by atoms with Crippen molar-refractivity contribution >= 4 is 0 Å². The monoisotopic (exact) mass is 221 g/mol. The van der Waals surface area contributed by atoms with Gasteiger partial charge in [-0.15, -0.1) is 0 Å². The molecule has 0 aromatic carbocycles. The van der Waals surface area contributed by atoms with Crippen molar-refractivity contribution in [1.29, 1.82) is 0 Å². The highest BCUT2D eigenvalue weighted by atomic mass is 16.5. The van der Waals surface area contributed by atoms with Crippen molar-refractivity contribution in [3.8, 4) is 0 Å². The number of nitrogens with one attached hydrogen (secondary N) is 1. The standard InChI is InChI=1S/C12H19N3O/c1-8(2)10-6-9(3)14-12(15-10)11-7-16-5-4-13-11/h6,8,11,13H,4-5,7H2,1-3H3. The first-order valence-corrected chi connectivity index (χ1v) is 5.83. The summed E-state index contributed by atoms with van der Waals surface area (Å²) in [4.78, 5) is 9.09. The average Bonchev–Trinajstić information content (AvgIpc) is 2.29. The van der Waals surface area contributed by atoms with Gasteiger partial charge < -0.3 is 10.1 Å². The van der Waals surface area contributed by atoms with Crippen LogP contribution in [0.25, 0.3) is 0 Å². The van der Waals surface area contributed by atoms with Gasteiger partial charge >= 0.3 is 0 Å². The summed E-state index contributed by atoms with van der Waals surface area (Å²) in [6.45, 7) is 8.63. The van der Waals surface area contributed by atoms with Gasteiger partial charge in [-0.2, -0.15) is 0 Å². The second kappa shape index (κ2) is 4.89. The summed E-state index contributed by atoms with van der Waals surface area (Å²) in [6, 6.07) is 2.20. The molecule has 1 aliphatic heterocycles. The van der Waals surface area contributed by atoms with Gasteiger partial charge in [-0.1, -0.05) is 13.8 Å². The largest absolute Gasteiger partial charge is 0.378 e. The molecule has 0 radical (unpaired) electrons. The first-order valence-electron chi connectivity index (χ1n) is 5.83. The Hall–Kier alpha value is -1.00. The first-order chi connectivity index (χ1) is 7.66. The lowest BCUT2D eigenvalue weighted by atomic mass is 10.1. The lowest BCUT2D eigenvalue weighted by Crippen LogP contribution is -2.35. The van der Waals surface area contributed by atoms with Gasteiger partial charge in [0.15, 0.2) is 0 Å². The maximum atomic E-state index is 5.43. The number of aryl methyl sites for hydroxylation is 1. The van der Waals surface area contributed by atoms with E-state index in [-0.39, 0.29) is 6.04 Å². The maximum Gasteiger partial charge on any atom is 0.148 e. The Kier molecular flexibility index (Phi) is 3.51. The number of hydrogen-bond acceptors (Lipinski definition) is 4. The molecule has 0 spiro atoms. The van der Waals surface area contributed by atoms with Gasteiger partial charge in [-0.05, 0) is 18.9 Å². The van der Waals surface area contributed by atoms with Crippen LogP contribution in [0.15, 0.2) is 6.07 Å². The predicted octanol–water partition coefficient (Wildman–Crippen LogP) is 1.57. The van der Waals surface area contributed by atoms with Crippen LogP contribution in [0.1, 0.15) is 43.0 Å². The summed E-state index contributed by atoms with van der Waals surface area (Å²) in [7, 11) is 0. The Morgan fingerprint density at radius 3 is 2.88 bits per heavy atom. The number of hydrogen-bond donors (Lipinski definition) is 1. The molecule has 2 rings (SSSR count). The van der Waals surface area contributed by atoms with Gasteiger partial charge in [0.05, 0.1) is 19.3 Å². The van der Waals surface area contributed by atoms with Gasteiger partial charge in [0, 0.05) is 17.9 Å². The minimum absolute atomic E-state index is 0.145. The van der Waals surface area contributed by atoms with Crippen LogP contribution in [-0.4, -0.2) is 29.7 Å². The Labute approximate surface area is 96.4 Å². The summed E-state index contributed by atoms with van der Waals surface area (Å²) in [6.07, 6.45) is 0. The van der Waals surface area contributed by atoms with Crippen LogP contribution in [0.3, 0.4) is 0 Å². The molecule has 1 N–H and O–H groups in total. The average molecular weight is 221 g/mol. The highest BCUT2D eigenvalue weighted by Crippen LogP contribution is 2.17. The van der Waals surface area contributed by atoms with Crippen LogP contribution in [0, 0.1) is 6.92 Å². The third-order valence-corrected chi connectivity index (χ3v) is 2.72. The normalized spacial score (nSPS) is 21.4. The quantitative estimate of drug-likeness (QED) is 0.823. The van der Waals surface area contributed by atoms with Crippen LogP contribution in [-0.2, 0) is 4.74 Å². The molecule has 16 heavy (non-hydrogen) atoms. The van der Waals surface area contributed by atoms with Crippen molar-refractivity contribution in [2.24, 2.45) is 0 Å². The summed E-state index contributed by atoms with van der Waals surface area (Å²) in [5, 5.41) is 3.38. The molecule has 4 heteroatoms. The molecule has 1 fully saturated rings. The minimum Gasteiger partial charge on any atom is -0.378 e. The molecule has 4 nitrogen and oxygen atoms in total. The molecular formula is C12H19N3O. The molecule has 0 amide bonds. The van der Waals surface area contributed by atoms with E-state index in [9.17, 15) is 0 Å². The zero-order chi connectivity index (χ0) is 11.5. The summed E-state index contributed by atoms with van der Waals surface area (Å²) < 4.78 is 5.43. The zero-order valence-electron chi connectivity index (χ0n) is 10.2. The molecule has 1 unspecified atom stereocenters. The van der Waals surface area contributed by atoms with Crippen molar-refractivity contribution in [3.63, 3.8) is 0 Å². The van der Waals surface area contributed by atoms with Gasteiger partial charge in [0.1, 0.15) is 5.82 Å². The predicted molar refractivity (Wildman–Crippen MR) is 62.4 cm³/mol. The molecule has 1 atom stereocenters. The first kappa shape index (κ1) is 11.5. The summed E-state index contributed by atoms with van der Waals surface area (Å²) in [5.41, 5.74) is 2.14. The van der Waals surface area contributed by atoms with E-state index in [2.05, 4.69) is 35.2 Å². The third-order valence-electron chi connectivity index (χ3n) is 2.72. The SMILES string of the molecule is Cc1cc(C(C)C)nc(C2COCCN2)n1. The van der Waals surface area contributed by atoms with E-state index in [0.717, 1.165) is 30.4 Å². The number of nitrogens with zero attached hydrogens (tertiary/aromatic N) is 2. The Morgan fingerprint density at radius 1 is 1.44 bits per heavy atom. The van der Waals surface area contributed by atoms with Gasteiger partial charge in [-0.3, -0.25) is 0 Å². The van der Waals surface area contributed by atoms with Gasteiger partial charge in [0.2, 0.25) is 0 Å². The maximum absolute atomic E-state index is 5.43. The van der Waals surface area contributed by atoms with Crippen LogP contribution in [0.4, 0.5) is 0 Å². The minimum atomic E-state index is 0.145. The molecule has 1 aromatic heterocycles. The number of morpholine rings is 1. The Bertz CT molecular complexity index is 359. The number of aromatic nitrogens is 2. The lowest BCUT2D eigenvalue weighted by Gasteiger charge is -2.23. The third kappa shape index (κ3) is 2.57. The van der Waals surface area contributed by atoms with Crippen molar-refractivity contribution in [3.05, 3.63) is 23.3 Å². The van der Waals surface area contributed by atoms with Crippen molar-refractivity contribution in [1.82, 2.24) is 15.3 Å². The summed E-state index contributed by atoms with van der Waals surface area (Å²) in [5.74, 6) is 1.30. The number of rotatable bonds is 2. The van der Waals surface area contributed by atoms with Gasteiger partial charge in [-0.25, -0.2) is 9.97 Å². The van der Waals surface area contributed by atoms with E-state index < -0.39 is 0 Å². The van der Waals surface area contributed by atoms with E-state index in [4.69, 9.17) is 4.74 Å². The molecule has 1 aliphatic rings. The van der Waals surface area contributed by atoms with E-state index in [0.29, 0.717) is 12.5 Å². The fraction of sp³-hybridized carbons (Fsp3) is 0.667. The van der Waals surface area contributed by atoms with Crippen molar-refractivity contribution in [2.45, 2.75) is 32.7 Å². The van der Waals surface area contributed by atoms with Crippen molar-refractivity contribution in [2.75, 3.05) is 19.8 Å². The second-order valence-electron chi connectivity index (χ2n) is 4.53. The van der Waals surface area contributed by atoms with Crippen LogP contribution >= 0.6 is 0 Å². The zero-order valence-corrected chi connectivity index (χ0v) is 10.2. The van der Waals surface area contributed by atoms with Crippen LogP contribution in [0.2, 0.25) is 0 Å². The molecule has 0 bridgehead atoms. The smallest absolute Gasteiger partial charge is 0.148 e. The molecule has 88 valence electrons. The van der Waals surface area contributed by atoms with Crippen LogP contribution in [0.5, 0.6) is 0 Å². The fourth-order valence-corrected chi connectivity index (χ4v) is 1.80. The highest BCUT2D eigenvalue weighted by Gasteiger charge is 2.19. The van der Waals surface area contributed by atoms with E-state index in [1.54, 1.807) is 0 Å². The molecule has 1 saturated heterocycles. The van der Waals surface area contributed by atoms with Crippen LogP contribution < -0.4 is 5.32 Å². The molecule has 1 aromatic rings. The Balaban J connectivity index is 2.25. The lowest BCUT2D eigenvalue weighted by molar-refractivity contribution is 0.0741. The molecule has 2 heterocycles. The number of ether oxygens (including phenoxy) is 1. The Morgan fingerprint density at radius 2 is 2.25 bits per heavy atom. The van der Waals surface area contributed by atoms with Gasteiger partial charge in [0.25, 0.3) is 0 Å². The van der Waals surface area contributed by atoms with Crippen molar-refractivity contribution < 1.29 is 4.74 Å². The van der Waals surface area contributed by atoms with E-state index in [1.807, 2.05) is 6.92 Å². The molecule has 0 saturated carbocycles.